The molecule has 2 fully saturated rings. The molecular weight excluding hydrogens is 397 g/mol. The van der Waals surface area contributed by atoms with Crippen molar-refractivity contribution in [1.82, 2.24) is 9.21 Å². The summed E-state index contributed by atoms with van der Waals surface area (Å²) in [4.78, 5) is 14.8. The van der Waals surface area contributed by atoms with E-state index in [0.717, 1.165) is 19.6 Å². The molecule has 9 heteroatoms. The van der Waals surface area contributed by atoms with Gasteiger partial charge < -0.3 is 10.2 Å². The number of rotatable bonds is 5. The zero-order valence-electron chi connectivity index (χ0n) is 14.8. The molecule has 1 aliphatic heterocycles. The van der Waals surface area contributed by atoms with E-state index in [0.29, 0.717) is 25.2 Å². The lowest BCUT2D eigenvalue weighted by molar-refractivity contribution is -0.120. The molecule has 6 nitrogen and oxygen atoms in total. The fourth-order valence-electron chi connectivity index (χ4n) is 3.08. The van der Waals surface area contributed by atoms with Crippen LogP contribution in [0.3, 0.4) is 0 Å². The van der Waals surface area contributed by atoms with Gasteiger partial charge in [0, 0.05) is 31.9 Å². The second-order valence-electron chi connectivity index (χ2n) is 7.03. The van der Waals surface area contributed by atoms with E-state index in [1.54, 1.807) is 25.1 Å². The van der Waals surface area contributed by atoms with Crippen molar-refractivity contribution in [1.29, 1.82) is 0 Å². The number of sulfonamides is 1. The van der Waals surface area contributed by atoms with Crippen LogP contribution in [0.5, 0.6) is 0 Å². The minimum atomic E-state index is -3.59. The zero-order valence-corrected chi connectivity index (χ0v) is 17.2. The maximum atomic E-state index is 12.9. The van der Waals surface area contributed by atoms with Gasteiger partial charge in [0.05, 0.1) is 10.3 Å². The van der Waals surface area contributed by atoms with Crippen molar-refractivity contribution in [2.75, 3.05) is 38.0 Å². The van der Waals surface area contributed by atoms with Gasteiger partial charge in [0.15, 0.2) is 0 Å². The highest BCUT2D eigenvalue weighted by atomic mass is 35.5. The minimum absolute atomic E-state index is 0.171. The van der Waals surface area contributed by atoms with Crippen LogP contribution in [0.15, 0.2) is 29.2 Å². The molecule has 0 spiro atoms. The van der Waals surface area contributed by atoms with Crippen LogP contribution in [-0.4, -0.2) is 60.6 Å². The summed E-state index contributed by atoms with van der Waals surface area (Å²) in [5.41, 5.74) is -0.442. The molecule has 1 aliphatic carbocycles. The van der Waals surface area contributed by atoms with Gasteiger partial charge in [0.2, 0.25) is 15.9 Å². The Morgan fingerprint density at radius 3 is 2.38 bits per heavy atom. The van der Waals surface area contributed by atoms with Gasteiger partial charge >= 0.3 is 0 Å². The Kier molecular flexibility index (Phi) is 5.31. The van der Waals surface area contributed by atoms with E-state index in [1.165, 1.54) is 10.4 Å². The van der Waals surface area contributed by atoms with Gasteiger partial charge in [-0.2, -0.15) is 4.31 Å². The molecule has 1 atom stereocenters. The van der Waals surface area contributed by atoms with Crippen LogP contribution in [-0.2, 0) is 14.8 Å². The summed E-state index contributed by atoms with van der Waals surface area (Å²) in [7, 11) is -3.59. The lowest BCUT2D eigenvalue weighted by atomic mass is 10.1. The highest BCUT2D eigenvalue weighted by molar-refractivity contribution is 7.89. The van der Waals surface area contributed by atoms with E-state index in [4.69, 9.17) is 23.2 Å². The Balaban J connectivity index is 1.74. The number of hydrogen-bond acceptors (Lipinski definition) is 4. The number of carbonyl (C=O) groups excluding carboxylic acids is 1. The van der Waals surface area contributed by atoms with E-state index in [-0.39, 0.29) is 10.8 Å². The summed E-state index contributed by atoms with van der Waals surface area (Å²) < 4.78 is 26.2. The molecule has 0 aromatic heterocycles. The standard InChI is InChI=1S/C17H23Cl2N3O3S/c1-3-21-7-9-22(10-8-21)26(24,25)14-6-4-5-13(11-14)20-15(23)16(2)12-17(16,18)19/h4-6,11H,3,7-10,12H2,1-2H3,(H,20,23). The van der Waals surface area contributed by atoms with E-state index >= 15 is 0 Å². The van der Waals surface area contributed by atoms with Crippen molar-refractivity contribution < 1.29 is 13.2 Å². The normalized spacial score (nSPS) is 26.5. The van der Waals surface area contributed by atoms with Gasteiger partial charge in [0.1, 0.15) is 4.33 Å². The quantitative estimate of drug-likeness (QED) is 0.744. The first-order valence-corrected chi connectivity index (χ1v) is 10.8. The Morgan fingerprint density at radius 1 is 1.23 bits per heavy atom. The predicted molar refractivity (Wildman–Crippen MR) is 103 cm³/mol. The molecule has 3 rings (SSSR count). The first-order chi connectivity index (χ1) is 12.1. The first-order valence-electron chi connectivity index (χ1n) is 8.62. The molecule has 144 valence electrons. The fourth-order valence-corrected chi connectivity index (χ4v) is 5.26. The molecule has 0 bridgehead atoms. The van der Waals surface area contributed by atoms with Crippen molar-refractivity contribution in [2.24, 2.45) is 5.41 Å². The SMILES string of the molecule is CCN1CCN(S(=O)(=O)c2cccc(NC(=O)C3(C)CC3(Cl)Cl)c2)CC1. The molecule has 1 aromatic carbocycles. The number of hydrogen-bond donors (Lipinski definition) is 1. The molecule has 1 heterocycles. The number of piperazine rings is 1. The molecule has 2 aliphatic rings. The molecule has 1 saturated heterocycles. The van der Waals surface area contributed by atoms with Crippen LogP contribution in [0, 0.1) is 5.41 Å². The highest BCUT2D eigenvalue weighted by Gasteiger charge is 2.67. The summed E-state index contributed by atoms with van der Waals surface area (Å²) in [6.07, 6.45) is 0.370. The fraction of sp³-hybridized carbons (Fsp3) is 0.588. The van der Waals surface area contributed by atoms with E-state index in [1.807, 2.05) is 0 Å². The van der Waals surface area contributed by atoms with Gasteiger partial charge in [-0.15, -0.1) is 23.2 Å². The summed E-state index contributed by atoms with van der Waals surface area (Å²) in [6, 6.07) is 6.30. The molecule has 26 heavy (non-hydrogen) atoms. The van der Waals surface area contributed by atoms with Gasteiger partial charge in [-0.25, -0.2) is 8.42 Å². The maximum absolute atomic E-state index is 12.9. The number of alkyl halides is 2. The molecule has 1 N–H and O–H groups in total. The summed E-state index contributed by atoms with van der Waals surface area (Å²) in [5.74, 6) is -0.311. The van der Waals surface area contributed by atoms with Gasteiger partial charge in [0.25, 0.3) is 0 Å². The highest BCUT2D eigenvalue weighted by Crippen LogP contribution is 2.64. The van der Waals surface area contributed by atoms with Crippen LogP contribution in [0.2, 0.25) is 0 Å². The Labute approximate surface area is 164 Å². The predicted octanol–water partition coefficient (Wildman–Crippen LogP) is 2.54. The number of likely N-dealkylation sites (N-methyl/N-ethyl adjacent to an activating group) is 1. The summed E-state index contributed by atoms with van der Waals surface area (Å²) in [6.45, 7) is 7.04. The number of nitrogens with one attached hydrogen (secondary N) is 1. The number of amides is 1. The van der Waals surface area contributed by atoms with Crippen molar-refractivity contribution in [3.8, 4) is 0 Å². The van der Waals surface area contributed by atoms with E-state index in [2.05, 4.69) is 17.1 Å². The largest absolute Gasteiger partial charge is 0.325 e. The Morgan fingerprint density at radius 2 is 1.85 bits per heavy atom. The molecule has 0 radical (unpaired) electrons. The molecule has 1 unspecified atom stereocenters. The Bertz CT molecular complexity index is 807. The average molecular weight is 420 g/mol. The van der Waals surface area contributed by atoms with Crippen LogP contribution >= 0.6 is 23.2 Å². The van der Waals surface area contributed by atoms with Crippen molar-refractivity contribution in [2.45, 2.75) is 29.5 Å². The number of carbonyl (C=O) groups is 1. The Hall–Kier alpha value is -0.860. The van der Waals surface area contributed by atoms with E-state index < -0.39 is 19.8 Å². The molecule has 1 saturated carbocycles. The summed E-state index contributed by atoms with van der Waals surface area (Å²) in [5, 5.41) is 2.73. The number of benzene rings is 1. The van der Waals surface area contributed by atoms with Crippen LogP contribution in [0.25, 0.3) is 0 Å². The second kappa shape index (κ2) is 6.95. The van der Waals surface area contributed by atoms with Crippen LogP contribution in [0.4, 0.5) is 5.69 Å². The van der Waals surface area contributed by atoms with Gasteiger partial charge in [-0.1, -0.05) is 13.0 Å². The van der Waals surface area contributed by atoms with Crippen molar-refractivity contribution >= 4 is 44.8 Å². The average Bonchev–Trinajstić information content (AvgIpc) is 3.14. The smallest absolute Gasteiger partial charge is 0.243 e. The monoisotopic (exact) mass is 419 g/mol. The molecule has 1 aromatic rings. The molecule has 1 amide bonds. The second-order valence-corrected chi connectivity index (χ2v) is 10.5. The van der Waals surface area contributed by atoms with Gasteiger partial charge in [-0.05, 0) is 38.1 Å². The third kappa shape index (κ3) is 3.60. The van der Waals surface area contributed by atoms with Crippen molar-refractivity contribution in [3.63, 3.8) is 0 Å². The van der Waals surface area contributed by atoms with Crippen molar-refractivity contribution in [3.05, 3.63) is 24.3 Å². The topological polar surface area (TPSA) is 69.7 Å². The van der Waals surface area contributed by atoms with Gasteiger partial charge in [-0.3, -0.25) is 4.79 Å². The number of anilines is 1. The lowest BCUT2D eigenvalue weighted by Gasteiger charge is -2.33. The number of halogens is 2. The first kappa shape index (κ1) is 19.9. The third-order valence-electron chi connectivity index (χ3n) is 5.27. The maximum Gasteiger partial charge on any atom is 0.243 e. The summed E-state index contributed by atoms with van der Waals surface area (Å²) >= 11 is 12.1. The van der Waals surface area contributed by atoms with E-state index in [9.17, 15) is 13.2 Å². The third-order valence-corrected chi connectivity index (χ3v) is 8.26. The van der Waals surface area contributed by atoms with Crippen LogP contribution < -0.4 is 5.32 Å². The number of nitrogens with zero attached hydrogens (tertiary/aromatic N) is 2. The molecular formula is C17H23Cl2N3O3S. The lowest BCUT2D eigenvalue weighted by Crippen LogP contribution is -2.48. The van der Waals surface area contributed by atoms with Crippen LogP contribution in [0.1, 0.15) is 20.3 Å². The zero-order chi connectivity index (χ0) is 19.2. The minimum Gasteiger partial charge on any atom is -0.325 e.